The maximum absolute atomic E-state index is 13.2. The van der Waals surface area contributed by atoms with E-state index in [4.69, 9.17) is 9.47 Å². The van der Waals surface area contributed by atoms with Gasteiger partial charge < -0.3 is 14.4 Å². The Morgan fingerprint density at radius 1 is 1.06 bits per heavy atom. The molecule has 0 atom stereocenters. The first kappa shape index (κ1) is 23.6. The van der Waals surface area contributed by atoms with Crippen molar-refractivity contribution in [2.24, 2.45) is 0 Å². The third-order valence-electron chi connectivity index (χ3n) is 6.75. The van der Waals surface area contributed by atoms with Crippen LogP contribution in [-0.4, -0.2) is 71.1 Å². The van der Waals surface area contributed by atoms with Gasteiger partial charge in [0.1, 0.15) is 18.6 Å². The Bertz CT molecular complexity index is 941. The van der Waals surface area contributed by atoms with E-state index >= 15 is 0 Å². The number of rotatable bonds is 5. The number of morpholine rings is 1. The summed E-state index contributed by atoms with van der Waals surface area (Å²) in [6, 6.07) is 8.99. The van der Waals surface area contributed by atoms with Gasteiger partial charge in [-0.15, -0.1) is 0 Å². The molecule has 0 bridgehead atoms. The van der Waals surface area contributed by atoms with Gasteiger partial charge in [-0.3, -0.25) is 9.69 Å². The van der Waals surface area contributed by atoms with Gasteiger partial charge in [0.05, 0.1) is 13.2 Å². The predicted octanol–water partition coefficient (Wildman–Crippen LogP) is 3.60. The highest BCUT2D eigenvalue weighted by atomic mass is 16.5. The van der Waals surface area contributed by atoms with E-state index in [1.807, 2.05) is 11.8 Å². The van der Waals surface area contributed by atoms with Crippen LogP contribution >= 0.6 is 0 Å². The topological polar surface area (TPSA) is 67.8 Å². The van der Waals surface area contributed by atoms with Gasteiger partial charge in [-0.2, -0.15) is 0 Å². The van der Waals surface area contributed by atoms with E-state index in [1.54, 1.807) is 0 Å². The van der Waals surface area contributed by atoms with Gasteiger partial charge in [0.2, 0.25) is 5.88 Å². The van der Waals surface area contributed by atoms with Crippen LogP contribution in [0.5, 0.6) is 5.88 Å². The summed E-state index contributed by atoms with van der Waals surface area (Å²) in [7, 11) is 0. The molecule has 0 aliphatic carbocycles. The number of amides is 1. The van der Waals surface area contributed by atoms with E-state index in [-0.39, 0.29) is 11.3 Å². The van der Waals surface area contributed by atoms with Crippen molar-refractivity contribution >= 4 is 5.91 Å². The van der Waals surface area contributed by atoms with Crippen LogP contribution in [0.1, 0.15) is 60.8 Å². The van der Waals surface area contributed by atoms with Crippen LogP contribution in [0.4, 0.5) is 0 Å². The minimum atomic E-state index is -0.0327. The summed E-state index contributed by atoms with van der Waals surface area (Å²) in [5.74, 6) is 0.436. The molecule has 0 radical (unpaired) electrons. The van der Waals surface area contributed by atoms with E-state index in [0.29, 0.717) is 29.8 Å². The molecule has 2 fully saturated rings. The molecular weight excluding hydrogens is 416 g/mol. The van der Waals surface area contributed by atoms with Crippen molar-refractivity contribution in [1.82, 2.24) is 19.8 Å². The first-order valence-electron chi connectivity index (χ1n) is 12.0. The SMILES string of the molecule is Cc1c(OCc2ccc(C(C)(C)C)cc2)ncnc1C(=O)N1CCC(N2CCOCC2)CC1. The average molecular weight is 453 g/mol. The maximum atomic E-state index is 13.2. The van der Waals surface area contributed by atoms with Crippen molar-refractivity contribution < 1.29 is 14.3 Å². The first-order valence-corrected chi connectivity index (χ1v) is 12.0. The Balaban J connectivity index is 1.36. The lowest BCUT2D eigenvalue weighted by molar-refractivity contribution is 0.00151. The van der Waals surface area contributed by atoms with Gasteiger partial charge in [-0.25, -0.2) is 9.97 Å². The second kappa shape index (κ2) is 10.2. The Hall–Kier alpha value is -2.51. The molecule has 7 nitrogen and oxygen atoms in total. The van der Waals surface area contributed by atoms with E-state index in [1.165, 1.54) is 11.9 Å². The fourth-order valence-corrected chi connectivity index (χ4v) is 4.57. The highest BCUT2D eigenvalue weighted by Gasteiger charge is 2.29. The Morgan fingerprint density at radius 2 is 1.73 bits per heavy atom. The molecule has 1 aromatic carbocycles. The summed E-state index contributed by atoms with van der Waals surface area (Å²) >= 11 is 0. The molecule has 0 saturated carbocycles. The standard InChI is InChI=1S/C26H36N4O3/c1-19-23(25(31)30-11-9-22(10-12-30)29-13-15-32-16-14-29)27-18-28-24(19)33-17-20-5-7-21(8-6-20)26(2,3)4/h5-8,18,22H,9-17H2,1-4H3. The molecule has 33 heavy (non-hydrogen) atoms. The molecule has 4 rings (SSSR count). The zero-order valence-electron chi connectivity index (χ0n) is 20.3. The number of benzene rings is 1. The van der Waals surface area contributed by atoms with Crippen molar-refractivity contribution in [2.75, 3.05) is 39.4 Å². The van der Waals surface area contributed by atoms with Crippen LogP contribution in [0.3, 0.4) is 0 Å². The Kier molecular flexibility index (Phi) is 7.29. The monoisotopic (exact) mass is 452 g/mol. The van der Waals surface area contributed by atoms with Gasteiger partial charge in [-0.1, -0.05) is 45.0 Å². The van der Waals surface area contributed by atoms with Gasteiger partial charge in [0.15, 0.2) is 0 Å². The lowest BCUT2D eigenvalue weighted by Crippen LogP contribution is -2.50. The fourth-order valence-electron chi connectivity index (χ4n) is 4.57. The molecule has 0 unspecified atom stereocenters. The fraction of sp³-hybridized carbons (Fsp3) is 0.577. The molecule has 2 aromatic rings. The quantitative estimate of drug-likeness (QED) is 0.691. The first-order chi connectivity index (χ1) is 15.8. The molecule has 0 spiro atoms. The molecular formula is C26H36N4O3. The van der Waals surface area contributed by atoms with Crippen molar-refractivity contribution in [2.45, 2.75) is 58.6 Å². The Morgan fingerprint density at radius 3 is 2.36 bits per heavy atom. The Labute approximate surface area is 197 Å². The van der Waals surface area contributed by atoms with Crippen LogP contribution < -0.4 is 4.74 Å². The molecule has 1 aromatic heterocycles. The predicted molar refractivity (Wildman–Crippen MR) is 128 cm³/mol. The minimum Gasteiger partial charge on any atom is -0.473 e. The number of nitrogens with zero attached hydrogens (tertiary/aromatic N) is 4. The summed E-state index contributed by atoms with van der Waals surface area (Å²) in [6.45, 7) is 14.0. The van der Waals surface area contributed by atoms with Crippen LogP contribution in [0.2, 0.25) is 0 Å². The van der Waals surface area contributed by atoms with E-state index in [2.05, 4.69) is 59.9 Å². The van der Waals surface area contributed by atoms with Crippen molar-refractivity contribution in [1.29, 1.82) is 0 Å². The molecule has 2 saturated heterocycles. The van der Waals surface area contributed by atoms with Gasteiger partial charge in [0, 0.05) is 37.8 Å². The third-order valence-corrected chi connectivity index (χ3v) is 6.75. The normalized spacial score (nSPS) is 18.4. The van der Waals surface area contributed by atoms with E-state index in [9.17, 15) is 4.79 Å². The molecule has 3 heterocycles. The molecule has 2 aliphatic rings. The zero-order chi connectivity index (χ0) is 23.4. The van der Waals surface area contributed by atoms with Crippen LogP contribution in [0.25, 0.3) is 0 Å². The minimum absolute atomic E-state index is 0.0327. The second-order valence-corrected chi connectivity index (χ2v) is 10.1. The lowest BCUT2D eigenvalue weighted by Gasteiger charge is -2.40. The second-order valence-electron chi connectivity index (χ2n) is 10.1. The number of hydrogen-bond donors (Lipinski definition) is 0. The van der Waals surface area contributed by atoms with Crippen LogP contribution in [0, 0.1) is 6.92 Å². The number of carbonyl (C=O) groups is 1. The van der Waals surface area contributed by atoms with E-state index in [0.717, 1.165) is 57.8 Å². The van der Waals surface area contributed by atoms with Gasteiger partial charge in [-0.05, 0) is 36.3 Å². The molecule has 7 heteroatoms. The smallest absolute Gasteiger partial charge is 0.272 e. The number of ether oxygens (including phenoxy) is 2. The summed E-state index contributed by atoms with van der Waals surface area (Å²) in [5, 5.41) is 0. The lowest BCUT2D eigenvalue weighted by atomic mass is 9.87. The van der Waals surface area contributed by atoms with Crippen molar-refractivity contribution in [3.05, 3.63) is 53.0 Å². The largest absolute Gasteiger partial charge is 0.473 e. The zero-order valence-corrected chi connectivity index (χ0v) is 20.3. The highest BCUT2D eigenvalue weighted by molar-refractivity contribution is 5.94. The summed E-state index contributed by atoms with van der Waals surface area (Å²) in [4.78, 5) is 26.2. The van der Waals surface area contributed by atoms with Crippen LogP contribution in [-0.2, 0) is 16.8 Å². The molecule has 1 amide bonds. The number of likely N-dealkylation sites (tertiary alicyclic amines) is 1. The maximum Gasteiger partial charge on any atom is 0.272 e. The number of hydrogen-bond acceptors (Lipinski definition) is 6. The number of carbonyl (C=O) groups excluding carboxylic acids is 1. The van der Waals surface area contributed by atoms with Crippen molar-refractivity contribution in [3.63, 3.8) is 0 Å². The highest BCUT2D eigenvalue weighted by Crippen LogP contribution is 2.24. The molecule has 178 valence electrons. The third kappa shape index (κ3) is 5.71. The van der Waals surface area contributed by atoms with Gasteiger partial charge >= 0.3 is 0 Å². The summed E-state index contributed by atoms with van der Waals surface area (Å²) < 4.78 is 11.4. The van der Waals surface area contributed by atoms with Crippen molar-refractivity contribution in [3.8, 4) is 5.88 Å². The van der Waals surface area contributed by atoms with E-state index < -0.39 is 0 Å². The molecule has 0 N–H and O–H groups in total. The summed E-state index contributed by atoms with van der Waals surface area (Å²) in [6.07, 6.45) is 3.41. The molecule has 2 aliphatic heterocycles. The number of piperidine rings is 1. The average Bonchev–Trinajstić information content (AvgIpc) is 2.83. The van der Waals surface area contributed by atoms with Crippen LogP contribution in [0.15, 0.2) is 30.6 Å². The van der Waals surface area contributed by atoms with Gasteiger partial charge in [0.25, 0.3) is 5.91 Å². The summed E-state index contributed by atoms with van der Waals surface area (Å²) in [5.41, 5.74) is 3.61. The number of aromatic nitrogens is 2.